The van der Waals surface area contributed by atoms with Gasteiger partial charge in [-0.25, -0.2) is 0 Å². The van der Waals surface area contributed by atoms with E-state index in [4.69, 9.17) is 33.2 Å². The lowest BCUT2D eigenvalue weighted by molar-refractivity contribution is -0.318. The Bertz CT molecular complexity index is 1310. The minimum Gasteiger partial charge on any atom is -0.466 e. The molecule has 0 amide bonds. The SMILES string of the molecule is CCOC(=O)CCN(C)[C@H]1C[C@@H](C)O[C@@H](O[C@@H]2[C@@H](C)[C@H](O[C@H]3C[C@@](C)(OC)[C@@H](O)[C@H](C)O3)[C@@H](C)C(=O)O[C@H](CC)[C@@](C)(O)[C@H](O)[C@@H](C)N(C)C[C@H](C)C[C@@]2(C)O)[C@@H]1O. The van der Waals surface area contributed by atoms with Crippen molar-refractivity contribution >= 4 is 11.9 Å². The molecule has 58 heavy (non-hydrogen) atoms. The van der Waals surface area contributed by atoms with E-state index in [9.17, 15) is 35.1 Å². The Labute approximate surface area is 346 Å². The number of likely N-dealkylation sites (N-methyl/N-ethyl adjacent to an activating group) is 2. The molecule has 0 saturated carbocycles. The highest BCUT2D eigenvalue weighted by molar-refractivity contribution is 5.73. The molecular formula is C42H78N2O14. The van der Waals surface area contributed by atoms with Crippen LogP contribution in [-0.4, -0.2) is 178 Å². The van der Waals surface area contributed by atoms with Crippen LogP contribution in [0.1, 0.15) is 108 Å². The maximum Gasteiger partial charge on any atom is 0.311 e. The van der Waals surface area contributed by atoms with Crippen molar-refractivity contribution in [2.24, 2.45) is 17.8 Å². The van der Waals surface area contributed by atoms with E-state index in [0.717, 1.165) is 0 Å². The number of carbonyl (C=O) groups excluding carboxylic acids is 2. The lowest BCUT2D eigenvalue weighted by atomic mass is 9.77. The number of aliphatic hydroxyl groups excluding tert-OH is 3. The Morgan fingerprint density at radius 3 is 2.19 bits per heavy atom. The number of cyclic esters (lactones) is 1. The van der Waals surface area contributed by atoms with Gasteiger partial charge in [-0.05, 0) is 94.7 Å². The highest BCUT2D eigenvalue weighted by atomic mass is 16.7. The summed E-state index contributed by atoms with van der Waals surface area (Å²) in [6.45, 7) is 20.1. The van der Waals surface area contributed by atoms with Gasteiger partial charge in [-0.1, -0.05) is 20.8 Å². The number of ether oxygens (including phenoxy) is 7. The van der Waals surface area contributed by atoms with E-state index in [0.29, 0.717) is 19.5 Å². The third-order valence-electron chi connectivity index (χ3n) is 13.1. The molecule has 3 aliphatic heterocycles. The second-order valence-corrected chi connectivity index (χ2v) is 18.2. The molecule has 0 aromatic rings. The van der Waals surface area contributed by atoms with Gasteiger partial charge >= 0.3 is 11.9 Å². The lowest BCUT2D eigenvalue weighted by Gasteiger charge is -2.49. The summed E-state index contributed by atoms with van der Waals surface area (Å²) in [6.07, 6.45) is -9.00. The van der Waals surface area contributed by atoms with Gasteiger partial charge in [-0.3, -0.25) is 14.5 Å². The van der Waals surface area contributed by atoms with Crippen molar-refractivity contribution in [2.45, 2.75) is 199 Å². The van der Waals surface area contributed by atoms with Crippen molar-refractivity contribution < 1.29 is 68.3 Å². The Morgan fingerprint density at radius 2 is 1.60 bits per heavy atom. The molecule has 3 aliphatic rings. The van der Waals surface area contributed by atoms with Crippen LogP contribution in [0.4, 0.5) is 0 Å². The van der Waals surface area contributed by atoms with Crippen LogP contribution in [0.5, 0.6) is 0 Å². The molecule has 3 fully saturated rings. The molecule has 0 spiro atoms. The molecule has 3 rings (SSSR count). The smallest absolute Gasteiger partial charge is 0.311 e. The van der Waals surface area contributed by atoms with Crippen LogP contribution < -0.4 is 0 Å². The average Bonchev–Trinajstić information content (AvgIpc) is 3.15. The molecule has 3 saturated heterocycles. The Morgan fingerprint density at radius 1 is 0.966 bits per heavy atom. The topological polar surface area (TPSA) is 206 Å². The van der Waals surface area contributed by atoms with Gasteiger partial charge in [0.1, 0.15) is 30.0 Å². The van der Waals surface area contributed by atoms with Crippen LogP contribution in [0.3, 0.4) is 0 Å². The van der Waals surface area contributed by atoms with E-state index < -0.39 is 102 Å². The normalized spacial score (nSPS) is 45.6. The highest BCUT2D eigenvalue weighted by Gasteiger charge is 2.52. The molecule has 0 radical (unpaired) electrons. The first-order chi connectivity index (χ1) is 26.8. The summed E-state index contributed by atoms with van der Waals surface area (Å²) in [7, 11) is 5.13. The zero-order chi connectivity index (χ0) is 44.1. The van der Waals surface area contributed by atoms with Gasteiger partial charge < -0.3 is 63.6 Å². The molecule has 18 atom stereocenters. The van der Waals surface area contributed by atoms with Crippen molar-refractivity contribution in [1.29, 1.82) is 0 Å². The summed E-state index contributed by atoms with van der Waals surface area (Å²) >= 11 is 0. The Hall–Kier alpha value is -1.54. The quantitative estimate of drug-likeness (QED) is 0.189. The molecule has 5 N–H and O–H groups in total. The summed E-state index contributed by atoms with van der Waals surface area (Å²) in [4.78, 5) is 30.3. The van der Waals surface area contributed by atoms with E-state index >= 15 is 0 Å². The molecule has 340 valence electrons. The Balaban J connectivity index is 2.14. The van der Waals surface area contributed by atoms with Crippen molar-refractivity contribution in [3.05, 3.63) is 0 Å². The van der Waals surface area contributed by atoms with Gasteiger partial charge in [0.2, 0.25) is 0 Å². The van der Waals surface area contributed by atoms with E-state index in [1.54, 1.807) is 55.4 Å². The van der Waals surface area contributed by atoms with Crippen molar-refractivity contribution in [3.63, 3.8) is 0 Å². The zero-order valence-electron chi connectivity index (χ0n) is 37.6. The fraction of sp³-hybridized carbons (Fsp3) is 0.952. The first-order valence-electron chi connectivity index (χ1n) is 21.3. The second kappa shape index (κ2) is 21.0. The number of carbonyl (C=O) groups is 2. The van der Waals surface area contributed by atoms with Gasteiger partial charge in [0.25, 0.3) is 0 Å². The molecule has 0 unspecified atom stereocenters. The van der Waals surface area contributed by atoms with Crippen molar-refractivity contribution in [1.82, 2.24) is 9.80 Å². The fourth-order valence-electron chi connectivity index (χ4n) is 9.33. The maximum absolute atomic E-state index is 14.3. The monoisotopic (exact) mass is 835 g/mol. The van der Waals surface area contributed by atoms with Gasteiger partial charge in [0, 0.05) is 44.6 Å². The average molecular weight is 835 g/mol. The minimum atomic E-state index is -1.83. The molecule has 0 aromatic carbocycles. The number of methoxy groups -OCH3 is 1. The second-order valence-electron chi connectivity index (χ2n) is 18.2. The largest absolute Gasteiger partial charge is 0.466 e. The van der Waals surface area contributed by atoms with Gasteiger partial charge in [-0.2, -0.15) is 0 Å². The molecule has 0 bridgehead atoms. The molecule has 3 heterocycles. The van der Waals surface area contributed by atoms with Crippen LogP contribution in [0.25, 0.3) is 0 Å². The van der Waals surface area contributed by atoms with Crippen LogP contribution >= 0.6 is 0 Å². The summed E-state index contributed by atoms with van der Waals surface area (Å²) in [5, 5.41) is 58.8. The number of rotatable bonds is 11. The number of aliphatic hydroxyl groups is 5. The first-order valence-corrected chi connectivity index (χ1v) is 21.3. The summed E-state index contributed by atoms with van der Waals surface area (Å²) in [5.74, 6) is -3.12. The first kappa shape index (κ1) is 50.8. The third-order valence-corrected chi connectivity index (χ3v) is 13.1. The van der Waals surface area contributed by atoms with Crippen molar-refractivity contribution in [3.8, 4) is 0 Å². The standard InChI is InChI=1S/C42H78N2O14/c1-15-30-42(11,51)35(47)27(7)44(13)22-23(3)20-40(9,50)37(58-39-33(46)29(19-24(4)54-39)43(12)18-17-31(45)53-16-2)25(5)34(26(6)38(49)56-30)57-32-21-41(10,52-14)36(48)28(8)55-32/h23-30,32-37,39,46-48,50-51H,15-22H2,1-14H3/t23-,24-,25+,26-,27-,28+,29+,30-,32+,33-,34+,35-,36+,37-,39+,40-,41-,42-/m1/s1. The van der Waals surface area contributed by atoms with Gasteiger partial charge in [0.15, 0.2) is 12.6 Å². The summed E-state index contributed by atoms with van der Waals surface area (Å²) in [6, 6.07) is -1.04. The Kier molecular flexibility index (Phi) is 18.4. The molecule has 16 nitrogen and oxygen atoms in total. The number of nitrogens with zero attached hydrogens (tertiary/aromatic N) is 2. The van der Waals surface area contributed by atoms with E-state index in [1.165, 1.54) is 14.0 Å². The molecule has 0 aliphatic carbocycles. The molecular weight excluding hydrogens is 756 g/mol. The number of hydrogen-bond donors (Lipinski definition) is 5. The number of hydrogen-bond acceptors (Lipinski definition) is 16. The third kappa shape index (κ3) is 12.1. The van der Waals surface area contributed by atoms with Crippen LogP contribution in [0.15, 0.2) is 0 Å². The van der Waals surface area contributed by atoms with E-state index in [1.807, 2.05) is 37.7 Å². The predicted octanol–water partition coefficient (Wildman–Crippen LogP) is 2.22. The van der Waals surface area contributed by atoms with Crippen LogP contribution in [-0.2, 0) is 42.7 Å². The maximum atomic E-state index is 14.3. The predicted molar refractivity (Wildman–Crippen MR) is 214 cm³/mol. The van der Waals surface area contributed by atoms with Crippen LogP contribution in [0, 0.1) is 17.8 Å². The highest BCUT2D eigenvalue weighted by Crippen LogP contribution is 2.40. The summed E-state index contributed by atoms with van der Waals surface area (Å²) in [5.41, 5.74) is -4.51. The minimum absolute atomic E-state index is 0.101. The zero-order valence-corrected chi connectivity index (χ0v) is 37.6. The summed E-state index contributed by atoms with van der Waals surface area (Å²) < 4.78 is 42.9. The molecule has 0 aromatic heterocycles. The molecule has 16 heteroatoms. The number of esters is 2. The van der Waals surface area contributed by atoms with E-state index in [2.05, 4.69) is 0 Å². The van der Waals surface area contributed by atoms with Crippen molar-refractivity contribution in [2.75, 3.05) is 40.9 Å². The van der Waals surface area contributed by atoms with Gasteiger partial charge in [-0.15, -0.1) is 0 Å². The lowest BCUT2D eigenvalue weighted by Crippen LogP contribution is -2.61. The van der Waals surface area contributed by atoms with Gasteiger partial charge in [0.05, 0.1) is 54.6 Å². The fourth-order valence-corrected chi connectivity index (χ4v) is 9.33. The van der Waals surface area contributed by atoms with E-state index in [-0.39, 0.29) is 50.3 Å². The van der Waals surface area contributed by atoms with Crippen LogP contribution in [0.2, 0.25) is 0 Å².